The van der Waals surface area contributed by atoms with Gasteiger partial charge < -0.3 is 9.64 Å². The number of aryl methyl sites for hydroxylation is 1. The summed E-state index contributed by atoms with van der Waals surface area (Å²) in [7, 11) is 0. The van der Waals surface area contributed by atoms with Crippen molar-refractivity contribution in [2.45, 2.75) is 52.0 Å². The Labute approximate surface area is 137 Å². The summed E-state index contributed by atoms with van der Waals surface area (Å²) in [4.78, 5) is 9.53. The largest absolute Gasteiger partial charge is 0.453 e. The molecule has 0 saturated carbocycles. The molecule has 0 N–H and O–H groups in total. The maximum absolute atomic E-state index is 12.9. The van der Waals surface area contributed by atoms with Crippen LogP contribution in [0.5, 0.6) is 0 Å². The van der Waals surface area contributed by atoms with Gasteiger partial charge in [0.25, 0.3) is 11.6 Å². The fraction of sp³-hybridized carbons (Fsp3) is 0.667. The predicted molar refractivity (Wildman–Crippen MR) is 82.0 cm³/mol. The van der Waals surface area contributed by atoms with Gasteiger partial charge in [-0.1, -0.05) is 0 Å². The smallest absolute Gasteiger partial charge is 0.371 e. The highest BCUT2D eigenvalue weighted by Crippen LogP contribution is 2.29. The molecule has 2 aromatic heterocycles. The number of alkyl halides is 3. The van der Waals surface area contributed by atoms with E-state index in [1.54, 1.807) is 13.0 Å². The van der Waals surface area contributed by atoms with E-state index in [1.165, 1.54) is 0 Å². The van der Waals surface area contributed by atoms with Gasteiger partial charge in [0.05, 0.1) is 11.7 Å². The Kier molecular flexibility index (Phi) is 3.94. The van der Waals surface area contributed by atoms with Crippen molar-refractivity contribution in [2.24, 2.45) is 0 Å². The first-order valence-corrected chi connectivity index (χ1v) is 7.77. The van der Waals surface area contributed by atoms with E-state index in [4.69, 9.17) is 4.74 Å². The number of halogens is 3. The molecule has 24 heavy (non-hydrogen) atoms. The van der Waals surface area contributed by atoms with Crippen LogP contribution in [-0.2, 0) is 10.9 Å². The molecule has 0 aromatic carbocycles. The van der Waals surface area contributed by atoms with Crippen LogP contribution in [0.15, 0.2) is 6.07 Å². The Morgan fingerprint density at radius 2 is 1.92 bits per heavy atom. The first kappa shape index (κ1) is 16.9. The highest BCUT2D eigenvalue weighted by molar-refractivity contribution is 5.48. The van der Waals surface area contributed by atoms with Crippen molar-refractivity contribution in [2.75, 3.05) is 18.0 Å². The summed E-state index contributed by atoms with van der Waals surface area (Å²) >= 11 is 0. The fourth-order valence-electron chi connectivity index (χ4n) is 2.85. The monoisotopic (exact) mass is 343 g/mol. The summed E-state index contributed by atoms with van der Waals surface area (Å²) < 4.78 is 45.8. The van der Waals surface area contributed by atoms with Crippen molar-refractivity contribution in [1.29, 1.82) is 0 Å². The highest BCUT2D eigenvalue weighted by Gasteiger charge is 2.37. The molecule has 9 heteroatoms. The van der Waals surface area contributed by atoms with Crippen LogP contribution in [0.3, 0.4) is 0 Å². The van der Waals surface area contributed by atoms with Crippen LogP contribution in [-0.4, -0.2) is 44.4 Å². The summed E-state index contributed by atoms with van der Waals surface area (Å²) in [6.45, 7) is 8.95. The Bertz CT molecular complexity index is 750. The summed E-state index contributed by atoms with van der Waals surface area (Å²) in [6.07, 6.45) is -3.76. The summed E-state index contributed by atoms with van der Waals surface area (Å²) in [5, 5.41) is 3.60. The molecular formula is C15H20F3N5O. The van der Waals surface area contributed by atoms with Gasteiger partial charge in [-0.3, -0.25) is 0 Å². The second-order valence-corrected chi connectivity index (χ2v) is 6.99. The molecule has 0 unspecified atom stereocenters. The summed E-state index contributed by atoms with van der Waals surface area (Å²) in [5.41, 5.74) is 0.333. The zero-order valence-corrected chi connectivity index (χ0v) is 14.1. The zero-order chi connectivity index (χ0) is 17.7. The van der Waals surface area contributed by atoms with Gasteiger partial charge in [-0.2, -0.15) is 22.7 Å². The van der Waals surface area contributed by atoms with Crippen molar-refractivity contribution in [3.63, 3.8) is 0 Å². The van der Waals surface area contributed by atoms with Crippen molar-refractivity contribution in [3.05, 3.63) is 17.6 Å². The second-order valence-electron chi connectivity index (χ2n) is 6.99. The van der Waals surface area contributed by atoms with E-state index in [0.29, 0.717) is 24.6 Å². The lowest BCUT2D eigenvalue weighted by Crippen LogP contribution is -2.31. The van der Waals surface area contributed by atoms with Crippen molar-refractivity contribution in [1.82, 2.24) is 19.6 Å². The maximum atomic E-state index is 12.9. The van der Waals surface area contributed by atoms with Gasteiger partial charge in [-0.25, -0.2) is 4.98 Å². The molecule has 2 aromatic rings. The first-order valence-electron chi connectivity index (χ1n) is 7.77. The van der Waals surface area contributed by atoms with Crippen LogP contribution in [0, 0.1) is 6.92 Å². The lowest BCUT2D eigenvalue weighted by molar-refractivity contribution is -0.144. The van der Waals surface area contributed by atoms with Gasteiger partial charge in [0.1, 0.15) is 5.82 Å². The fourth-order valence-corrected chi connectivity index (χ4v) is 2.85. The van der Waals surface area contributed by atoms with E-state index >= 15 is 0 Å². The SMILES string of the molecule is Cc1cc(N2CC[C@@H](OC(C)(C)C)C2)n2nc(C(F)(F)F)nc2n1. The molecule has 1 aliphatic rings. The van der Waals surface area contributed by atoms with Crippen LogP contribution in [0.2, 0.25) is 0 Å². The van der Waals surface area contributed by atoms with Gasteiger partial charge in [-0.05, 0) is 34.1 Å². The normalized spacial score (nSPS) is 19.5. The summed E-state index contributed by atoms with van der Waals surface area (Å²) in [5.74, 6) is -0.665. The van der Waals surface area contributed by atoms with Crippen LogP contribution in [0.1, 0.15) is 38.7 Å². The molecule has 3 heterocycles. The molecule has 3 rings (SSSR count). The van der Waals surface area contributed by atoms with Gasteiger partial charge >= 0.3 is 6.18 Å². The number of hydrogen-bond donors (Lipinski definition) is 0. The third kappa shape index (κ3) is 3.45. The molecule has 0 radical (unpaired) electrons. The van der Waals surface area contributed by atoms with Crippen LogP contribution in [0.4, 0.5) is 19.0 Å². The van der Waals surface area contributed by atoms with Gasteiger partial charge in [0.2, 0.25) is 0 Å². The lowest BCUT2D eigenvalue weighted by Gasteiger charge is -2.25. The Balaban J connectivity index is 1.93. The minimum absolute atomic E-state index is 0.0270. The molecule has 1 aliphatic heterocycles. The topological polar surface area (TPSA) is 55.6 Å². The van der Waals surface area contributed by atoms with Crippen LogP contribution < -0.4 is 4.90 Å². The van der Waals surface area contributed by atoms with E-state index in [9.17, 15) is 13.2 Å². The number of aromatic nitrogens is 4. The van der Waals surface area contributed by atoms with Crippen LogP contribution >= 0.6 is 0 Å². The number of hydrogen-bond acceptors (Lipinski definition) is 5. The van der Waals surface area contributed by atoms with Crippen molar-refractivity contribution < 1.29 is 17.9 Å². The van der Waals surface area contributed by atoms with Crippen molar-refractivity contribution in [3.8, 4) is 0 Å². The van der Waals surface area contributed by atoms with Crippen molar-refractivity contribution >= 4 is 11.6 Å². The molecule has 1 saturated heterocycles. The van der Waals surface area contributed by atoms with Crippen LogP contribution in [0.25, 0.3) is 5.78 Å². The Morgan fingerprint density at radius 3 is 2.54 bits per heavy atom. The van der Waals surface area contributed by atoms with E-state index in [1.807, 2.05) is 25.7 Å². The molecule has 0 aliphatic carbocycles. The van der Waals surface area contributed by atoms with E-state index < -0.39 is 12.0 Å². The molecule has 0 spiro atoms. The lowest BCUT2D eigenvalue weighted by atomic mass is 10.2. The molecule has 132 valence electrons. The molecule has 1 atom stereocenters. The third-order valence-electron chi connectivity index (χ3n) is 3.66. The quantitative estimate of drug-likeness (QED) is 0.839. The van der Waals surface area contributed by atoms with Gasteiger partial charge in [0.15, 0.2) is 0 Å². The van der Waals surface area contributed by atoms with Gasteiger partial charge in [0, 0.05) is 24.8 Å². The Morgan fingerprint density at radius 1 is 1.21 bits per heavy atom. The number of nitrogens with zero attached hydrogens (tertiary/aromatic N) is 5. The highest BCUT2D eigenvalue weighted by atomic mass is 19.4. The second kappa shape index (κ2) is 5.58. The molecule has 0 bridgehead atoms. The Hall–Kier alpha value is -1.90. The number of ether oxygens (including phenoxy) is 1. The summed E-state index contributed by atoms with van der Waals surface area (Å²) in [6, 6.07) is 1.72. The molecule has 0 amide bonds. The average Bonchev–Trinajstić information content (AvgIpc) is 3.01. The third-order valence-corrected chi connectivity index (χ3v) is 3.66. The number of rotatable bonds is 2. The minimum Gasteiger partial charge on any atom is -0.371 e. The minimum atomic E-state index is -4.60. The number of anilines is 1. The van der Waals surface area contributed by atoms with E-state index in [2.05, 4.69) is 15.1 Å². The first-order chi connectivity index (χ1) is 11.0. The standard InChI is InChI=1S/C15H20F3N5O/c1-9-7-11(22-6-5-10(8-22)24-14(2,3)4)23-13(19-9)20-12(21-23)15(16,17)18/h7,10H,5-6,8H2,1-4H3/t10-/m1/s1. The predicted octanol–water partition coefficient (Wildman–Crippen LogP) is 2.85. The molecule has 1 fully saturated rings. The molecular weight excluding hydrogens is 323 g/mol. The van der Waals surface area contributed by atoms with E-state index in [-0.39, 0.29) is 17.5 Å². The maximum Gasteiger partial charge on any atom is 0.453 e. The number of fused-ring (bicyclic) bond motifs is 1. The zero-order valence-electron chi connectivity index (χ0n) is 14.1. The molecule has 6 nitrogen and oxygen atoms in total. The van der Waals surface area contributed by atoms with E-state index in [0.717, 1.165) is 10.9 Å². The average molecular weight is 343 g/mol. The van der Waals surface area contributed by atoms with Gasteiger partial charge in [-0.15, -0.1) is 5.10 Å².